The summed E-state index contributed by atoms with van der Waals surface area (Å²) in [6.45, 7) is 3.69. The molecule has 0 spiro atoms. The Morgan fingerprint density at radius 3 is 2.58 bits per heavy atom. The van der Waals surface area contributed by atoms with Gasteiger partial charge in [0, 0.05) is 31.7 Å². The molecule has 0 aliphatic carbocycles. The summed E-state index contributed by atoms with van der Waals surface area (Å²) in [6.07, 6.45) is 4.38. The number of rotatable bonds is 8. The zero-order chi connectivity index (χ0) is 23.8. The highest BCUT2D eigenvalue weighted by Crippen LogP contribution is 2.30. The second-order valence-electron chi connectivity index (χ2n) is 8.37. The summed E-state index contributed by atoms with van der Waals surface area (Å²) in [7, 11) is 0. The Morgan fingerprint density at radius 1 is 1.18 bits per heavy atom. The number of amides is 3. The standard InChI is InChI=1S/C25H32N4O4/c1-3-13-26-24(31)27-16-21(30)17-29(25(32)33)20-11-14-28(15-12-20)18(2)22-10-6-8-19-7-4-5-9-23(19)22/h1,4-10,18,20-21,30H,11-17H2,2H3,(H,32,33)(H2,26,27,31). The van der Waals surface area contributed by atoms with Crippen molar-refractivity contribution in [3.8, 4) is 12.3 Å². The first-order chi connectivity index (χ1) is 15.9. The summed E-state index contributed by atoms with van der Waals surface area (Å²) in [5.41, 5.74) is 1.27. The van der Waals surface area contributed by atoms with Crippen LogP contribution in [0, 0.1) is 12.3 Å². The van der Waals surface area contributed by atoms with Crippen molar-refractivity contribution < 1.29 is 19.8 Å². The molecule has 1 aliphatic rings. The van der Waals surface area contributed by atoms with E-state index in [0.29, 0.717) is 12.8 Å². The van der Waals surface area contributed by atoms with E-state index in [1.807, 2.05) is 6.07 Å². The zero-order valence-electron chi connectivity index (χ0n) is 18.9. The van der Waals surface area contributed by atoms with Gasteiger partial charge in [-0.05, 0) is 36.1 Å². The SMILES string of the molecule is C#CCNC(=O)NCC(O)CN(C(=O)O)C1CCN(C(C)c2cccc3ccccc23)CC1. The molecular formula is C25H32N4O4. The number of aliphatic hydroxyl groups is 1. The third-order valence-electron chi connectivity index (χ3n) is 6.26. The second kappa shape index (κ2) is 11.5. The molecule has 2 aromatic carbocycles. The summed E-state index contributed by atoms with van der Waals surface area (Å²) >= 11 is 0. The van der Waals surface area contributed by atoms with Crippen molar-refractivity contribution in [1.29, 1.82) is 0 Å². The fourth-order valence-electron chi connectivity index (χ4n) is 4.48. The molecule has 3 rings (SSSR count). The van der Waals surface area contributed by atoms with Crippen LogP contribution >= 0.6 is 0 Å². The maximum Gasteiger partial charge on any atom is 0.407 e. The van der Waals surface area contributed by atoms with E-state index in [1.165, 1.54) is 21.2 Å². The molecule has 176 valence electrons. The highest BCUT2D eigenvalue weighted by molar-refractivity contribution is 5.86. The topological polar surface area (TPSA) is 105 Å². The van der Waals surface area contributed by atoms with Crippen LogP contribution in [-0.2, 0) is 0 Å². The number of carbonyl (C=O) groups is 2. The molecule has 33 heavy (non-hydrogen) atoms. The molecule has 1 aliphatic heterocycles. The van der Waals surface area contributed by atoms with E-state index < -0.39 is 18.2 Å². The molecule has 1 heterocycles. The summed E-state index contributed by atoms with van der Waals surface area (Å²) in [5.74, 6) is 2.28. The van der Waals surface area contributed by atoms with Crippen molar-refractivity contribution in [3.63, 3.8) is 0 Å². The van der Waals surface area contributed by atoms with Gasteiger partial charge in [0.2, 0.25) is 0 Å². The monoisotopic (exact) mass is 452 g/mol. The first-order valence-electron chi connectivity index (χ1n) is 11.2. The van der Waals surface area contributed by atoms with Crippen molar-refractivity contribution in [3.05, 3.63) is 48.0 Å². The first kappa shape index (κ1) is 24.4. The van der Waals surface area contributed by atoms with Crippen LogP contribution in [0.4, 0.5) is 9.59 Å². The van der Waals surface area contributed by atoms with E-state index in [9.17, 15) is 19.8 Å². The summed E-state index contributed by atoms with van der Waals surface area (Å²) in [5, 5.41) is 27.4. The molecule has 1 saturated heterocycles. The van der Waals surface area contributed by atoms with Gasteiger partial charge < -0.3 is 25.7 Å². The van der Waals surface area contributed by atoms with Gasteiger partial charge in [-0.25, -0.2) is 9.59 Å². The summed E-state index contributed by atoms with van der Waals surface area (Å²) < 4.78 is 0. The Labute approximate surface area is 194 Å². The predicted octanol–water partition coefficient (Wildman–Crippen LogP) is 2.64. The van der Waals surface area contributed by atoms with Crippen LogP contribution in [-0.4, -0.2) is 77.0 Å². The number of likely N-dealkylation sites (tertiary alicyclic amines) is 1. The second-order valence-corrected chi connectivity index (χ2v) is 8.37. The minimum Gasteiger partial charge on any atom is -0.465 e. The van der Waals surface area contributed by atoms with E-state index in [-0.39, 0.29) is 31.7 Å². The average molecular weight is 453 g/mol. The number of carbonyl (C=O) groups excluding carboxylic acids is 1. The first-order valence-corrected chi connectivity index (χ1v) is 11.2. The van der Waals surface area contributed by atoms with E-state index in [0.717, 1.165) is 13.1 Å². The average Bonchev–Trinajstić information content (AvgIpc) is 2.84. The van der Waals surface area contributed by atoms with Crippen LogP contribution in [0.25, 0.3) is 10.8 Å². The number of aliphatic hydroxyl groups excluding tert-OH is 1. The lowest BCUT2D eigenvalue weighted by atomic mass is 9.95. The van der Waals surface area contributed by atoms with Crippen LogP contribution in [0.2, 0.25) is 0 Å². The van der Waals surface area contributed by atoms with Gasteiger partial charge >= 0.3 is 12.1 Å². The molecule has 2 aromatic rings. The van der Waals surface area contributed by atoms with Gasteiger partial charge in [0.05, 0.1) is 19.2 Å². The van der Waals surface area contributed by atoms with Crippen molar-refractivity contribution in [1.82, 2.24) is 20.4 Å². The summed E-state index contributed by atoms with van der Waals surface area (Å²) in [4.78, 5) is 27.1. The number of carboxylic acid groups (broad SMARTS) is 1. The maximum absolute atomic E-state index is 11.9. The van der Waals surface area contributed by atoms with Gasteiger partial charge in [0.15, 0.2) is 0 Å². The zero-order valence-corrected chi connectivity index (χ0v) is 18.9. The Morgan fingerprint density at radius 2 is 1.88 bits per heavy atom. The van der Waals surface area contributed by atoms with Gasteiger partial charge in [-0.2, -0.15) is 0 Å². The molecule has 0 saturated carbocycles. The van der Waals surface area contributed by atoms with Crippen LogP contribution < -0.4 is 10.6 Å². The third kappa shape index (κ3) is 6.37. The van der Waals surface area contributed by atoms with Gasteiger partial charge in [-0.1, -0.05) is 48.4 Å². The van der Waals surface area contributed by atoms with E-state index >= 15 is 0 Å². The lowest BCUT2D eigenvalue weighted by Crippen LogP contribution is -2.51. The van der Waals surface area contributed by atoms with Gasteiger partial charge in [0.25, 0.3) is 0 Å². The quantitative estimate of drug-likeness (QED) is 0.461. The van der Waals surface area contributed by atoms with Crippen LogP contribution in [0.5, 0.6) is 0 Å². The molecule has 0 radical (unpaired) electrons. The Hall–Kier alpha value is -3.28. The number of hydrogen-bond donors (Lipinski definition) is 4. The molecule has 0 bridgehead atoms. The molecule has 0 aromatic heterocycles. The van der Waals surface area contributed by atoms with E-state index in [2.05, 4.69) is 64.8 Å². The molecule has 2 atom stereocenters. The van der Waals surface area contributed by atoms with Crippen molar-refractivity contribution in [2.75, 3.05) is 32.7 Å². The number of terminal acetylenes is 1. The van der Waals surface area contributed by atoms with E-state index in [4.69, 9.17) is 6.42 Å². The Bertz CT molecular complexity index is 992. The van der Waals surface area contributed by atoms with Gasteiger partial charge in [-0.3, -0.25) is 4.90 Å². The highest BCUT2D eigenvalue weighted by atomic mass is 16.4. The smallest absolute Gasteiger partial charge is 0.407 e. The number of piperidine rings is 1. The van der Waals surface area contributed by atoms with Crippen LogP contribution in [0.15, 0.2) is 42.5 Å². The molecule has 4 N–H and O–H groups in total. The minimum absolute atomic E-state index is 0.0584. The van der Waals surface area contributed by atoms with Crippen molar-refractivity contribution in [2.24, 2.45) is 0 Å². The molecule has 1 fully saturated rings. The molecule has 8 heteroatoms. The fourth-order valence-corrected chi connectivity index (χ4v) is 4.48. The number of urea groups is 1. The Balaban J connectivity index is 1.55. The molecule has 2 unspecified atom stereocenters. The normalized spacial score (nSPS) is 16.5. The number of nitrogens with one attached hydrogen (secondary N) is 2. The molecular weight excluding hydrogens is 420 g/mol. The summed E-state index contributed by atoms with van der Waals surface area (Å²) in [6, 6.07) is 14.2. The number of hydrogen-bond acceptors (Lipinski definition) is 4. The number of benzene rings is 2. The lowest BCUT2D eigenvalue weighted by Gasteiger charge is -2.40. The fraction of sp³-hybridized carbons (Fsp3) is 0.440. The molecule has 3 amide bonds. The number of fused-ring (bicyclic) bond motifs is 1. The van der Waals surface area contributed by atoms with Crippen molar-refractivity contribution in [2.45, 2.75) is 38.0 Å². The van der Waals surface area contributed by atoms with Crippen LogP contribution in [0.3, 0.4) is 0 Å². The van der Waals surface area contributed by atoms with Gasteiger partial charge in [-0.15, -0.1) is 6.42 Å². The molecule has 8 nitrogen and oxygen atoms in total. The predicted molar refractivity (Wildman–Crippen MR) is 128 cm³/mol. The highest BCUT2D eigenvalue weighted by Gasteiger charge is 2.31. The largest absolute Gasteiger partial charge is 0.465 e. The van der Waals surface area contributed by atoms with Crippen molar-refractivity contribution >= 4 is 22.9 Å². The lowest BCUT2D eigenvalue weighted by molar-refractivity contribution is 0.0487. The minimum atomic E-state index is -1.06. The number of nitrogens with zero attached hydrogens (tertiary/aromatic N) is 2. The maximum atomic E-state index is 11.9. The van der Waals surface area contributed by atoms with Gasteiger partial charge in [0.1, 0.15) is 0 Å². The van der Waals surface area contributed by atoms with E-state index in [1.54, 1.807) is 0 Å². The van der Waals surface area contributed by atoms with Crippen LogP contribution in [0.1, 0.15) is 31.4 Å². The Kier molecular flexibility index (Phi) is 8.52. The third-order valence-corrected chi connectivity index (χ3v) is 6.26.